The molecule has 0 aliphatic heterocycles. The molecule has 0 aromatic heterocycles. The van der Waals surface area contributed by atoms with E-state index in [1.807, 2.05) is 19.1 Å². The molecule has 0 saturated heterocycles. The lowest BCUT2D eigenvalue weighted by Gasteiger charge is -2.10. The van der Waals surface area contributed by atoms with Gasteiger partial charge >= 0.3 is 0 Å². The van der Waals surface area contributed by atoms with Crippen molar-refractivity contribution in [3.05, 3.63) is 32.2 Å². The average Bonchev–Trinajstić information content (AvgIpc) is 2.30. The molecule has 0 amide bonds. The van der Waals surface area contributed by atoms with Gasteiger partial charge in [-0.1, -0.05) is 18.6 Å². The molecule has 0 aliphatic carbocycles. The monoisotopic (exact) mass is 361 g/mol. The molecule has 1 aromatic carbocycles. The maximum atomic E-state index is 5.67. The van der Waals surface area contributed by atoms with E-state index in [-0.39, 0.29) is 0 Å². The smallest absolute Gasteiger partial charge is 0.147 e. The summed E-state index contributed by atoms with van der Waals surface area (Å²) >= 11 is 7.03. The van der Waals surface area contributed by atoms with E-state index in [0.29, 0.717) is 13.2 Å². The molecule has 0 spiro atoms. The first-order valence-corrected chi connectivity index (χ1v) is 7.22. The van der Waals surface area contributed by atoms with Crippen molar-refractivity contribution in [2.75, 3.05) is 13.2 Å². The van der Waals surface area contributed by atoms with E-state index in [2.05, 4.69) is 44.9 Å². The van der Waals surface area contributed by atoms with Crippen LogP contribution in [0.25, 0.3) is 6.08 Å². The summed E-state index contributed by atoms with van der Waals surface area (Å²) < 4.78 is 7.44. The van der Waals surface area contributed by atoms with Crippen molar-refractivity contribution in [3.8, 4) is 5.75 Å². The molecule has 0 saturated carbocycles. The zero-order valence-electron chi connectivity index (χ0n) is 10.1. The first-order valence-electron chi connectivity index (χ1n) is 5.63. The minimum absolute atomic E-state index is 0.596. The predicted molar refractivity (Wildman–Crippen MR) is 80.3 cm³/mol. The van der Waals surface area contributed by atoms with Crippen molar-refractivity contribution in [2.24, 2.45) is 5.73 Å². The fourth-order valence-corrected chi connectivity index (χ4v) is 2.94. The van der Waals surface area contributed by atoms with Gasteiger partial charge in [-0.05, 0) is 62.9 Å². The number of benzene rings is 1. The van der Waals surface area contributed by atoms with Crippen LogP contribution in [-0.2, 0) is 0 Å². The van der Waals surface area contributed by atoms with Crippen LogP contribution in [0.5, 0.6) is 5.75 Å². The summed E-state index contributed by atoms with van der Waals surface area (Å²) in [4.78, 5) is 0. The molecule has 0 unspecified atom stereocenters. The van der Waals surface area contributed by atoms with Gasteiger partial charge in [0.2, 0.25) is 0 Å². The van der Waals surface area contributed by atoms with Gasteiger partial charge in [-0.2, -0.15) is 0 Å². The van der Waals surface area contributed by atoms with Gasteiger partial charge in [0.15, 0.2) is 0 Å². The van der Waals surface area contributed by atoms with Crippen LogP contribution in [0.2, 0.25) is 0 Å². The van der Waals surface area contributed by atoms with Crippen molar-refractivity contribution in [2.45, 2.75) is 20.3 Å². The van der Waals surface area contributed by atoms with Crippen LogP contribution in [0, 0.1) is 0 Å². The third-order valence-electron chi connectivity index (χ3n) is 2.40. The Morgan fingerprint density at radius 3 is 2.29 bits per heavy atom. The minimum Gasteiger partial charge on any atom is -0.492 e. The highest BCUT2D eigenvalue weighted by atomic mass is 79.9. The molecule has 1 aromatic rings. The molecule has 0 atom stereocenters. The molecule has 17 heavy (non-hydrogen) atoms. The number of hydrogen-bond donors (Lipinski definition) is 1. The molecule has 94 valence electrons. The van der Waals surface area contributed by atoms with E-state index in [0.717, 1.165) is 26.7 Å². The maximum Gasteiger partial charge on any atom is 0.147 e. The van der Waals surface area contributed by atoms with Crippen LogP contribution in [-0.4, -0.2) is 13.2 Å². The molecule has 1 rings (SSSR count). The lowest BCUT2D eigenvalue weighted by atomic mass is 10.1. The Bertz CT molecular complexity index is 387. The zero-order valence-corrected chi connectivity index (χ0v) is 13.3. The molecule has 2 nitrogen and oxygen atoms in total. The second-order valence-electron chi connectivity index (χ2n) is 3.61. The van der Waals surface area contributed by atoms with Crippen molar-refractivity contribution < 1.29 is 4.74 Å². The second kappa shape index (κ2) is 7.19. The Balaban J connectivity index is 3.09. The Morgan fingerprint density at radius 2 is 1.88 bits per heavy atom. The predicted octanol–water partition coefficient (Wildman–Crippen LogP) is 4.36. The summed E-state index contributed by atoms with van der Waals surface area (Å²) in [6.07, 6.45) is 3.09. The zero-order chi connectivity index (χ0) is 12.8. The number of ether oxygens (including phenoxy) is 1. The summed E-state index contributed by atoms with van der Waals surface area (Å²) in [6.45, 7) is 5.32. The van der Waals surface area contributed by atoms with E-state index in [9.17, 15) is 0 Å². The van der Waals surface area contributed by atoms with Crippen molar-refractivity contribution in [3.63, 3.8) is 0 Å². The fraction of sp³-hybridized carbons (Fsp3) is 0.385. The molecule has 0 heterocycles. The van der Waals surface area contributed by atoms with Gasteiger partial charge in [0.1, 0.15) is 5.75 Å². The quantitative estimate of drug-likeness (QED) is 0.844. The van der Waals surface area contributed by atoms with Gasteiger partial charge in [-0.3, -0.25) is 0 Å². The molecule has 4 heteroatoms. The van der Waals surface area contributed by atoms with Crippen LogP contribution in [0.15, 0.2) is 26.7 Å². The van der Waals surface area contributed by atoms with Crippen molar-refractivity contribution in [1.29, 1.82) is 0 Å². The van der Waals surface area contributed by atoms with Gasteiger partial charge in [0.25, 0.3) is 0 Å². The SMILES string of the molecule is CCOc1c(Br)cc(C=C(CC)CN)cc1Br. The Hall–Kier alpha value is -0.320. The Morgan fingerprint density at radius 1 is 1.29 bits per heavy atom. The molecular weight excluding hydrogens is 346 g/mol. The van der Waals surface area contributed by atoms with E-state index in [1.165, 1.54) is 5.57 Å². The van der Waals surface area contributed by atoms with Crippen LogP contribution >= 0.6 is 31.9 Å². The summed E-state index contributed by atoms with van der Waals surface area (Å²) in [5.41, 5.74) is 8.02. The molecule has 0 radical (unpaired) electrons. The third kappa shape index (κ3) is 4.12. The number of halogens is 2. The first kappa shape index (κ1) is 14.7. The second-order valence-corrected chi connectivity index (χ2v) is 5.32. The lowest BCUT2D eigenvalue weighted by Crippen LogP contribution is -2.01. The van der Waals surface area contributed by atoms with Gasteiger partial charge in [-0.15, -0.1) is 0 Å². The van der Waals surface area contributed by atoms with Crippen molar-refractivity contribution >= 4 is 37.9 Å². The van der Waals surface area contributed by atoms with Crippen LogP contribution in [0.1, 0.15) is 25.8 Å². The van der Waals surface area contributed by atoms with Crippen molar-refractivity contribution in [1.82, 2.24) is 0 Å². The molecular formula is C13H17Br2NO. The standard InChI is InChI=1S/C13H17Br2NO/c1-3-9(8-16)5-10-6-11(14)13(17-4-2)12(15)7-10/h5-7H,3-4,8,16H2,1-2H3. The molecule has 0 aliphatic rings. The van der Waals surface area contributed by atoms with Gasteiger partial charge in [0, 0.05) is 6.54 Å². The molecule has 0 fully saturated rings. The van der Waals surface area contributed by atoms with E-state index in [4.69, 9.17) is 10.5 Å². The summed E-state index contributed by atoms with van der Waals surface area (Å²) in [5.74, 6) is 0.843. The molecule has 0 bridgehead atoms. The average molecular weight is 363 g/mol. The van der Waals surface area contributed by atoms with Crippen LogP contribution in [0.4, 0.5) is 0 Å². The highest BCUT2D eigenvalue weighted by Gasteiger charge is 2.07. The van der Waals surface area contributed by atoms with E-state index < -0.39 is 0 Å². The summed E-state index contributed by atoms with van der Waals surface area (Å²) in [5, 5.41) is 0. The highest BCUT2D eigenvalue weighted by Crippen LogP contribution is 2.35. The molecule has 2 N–H and O–H groups in total. The Labute approximate surface area is 119 Å². The van der Waals surface area contributed by atoms with E-state index >= 15 is 0 Å². The van der Waals surface area contributed by atoms with E-state index in [1.54, 1.807) is 0 Å². The number of rotatable bonds is 5. The van der Waals surface area contributed by atoms with Gasteiger partial charge in [-0.25, -0.2) is 0 Å². The third-order valence-corrected chi connectivity index (χ3v) is 3.57. The normalized spacial score (nSPS) is 11.7. The summed E-state index contributed by atoms with van der Waals surface area (Å²) in [6, 6.07) is 4.09. The topological polar surface area (TPSA) is 35.2 Å². The largest absolute Gasteiger partial charge is 0.492 e. The van der Waals surface area contributed by atoms with Gasteiger partial charge < -0.3 is 10.5 Å². The first-order chi connectivity index (χ1) is 8.12. The summed E-state index contributed by atoms with van der Waals surface area (Å²) in [7, 11) is 0. The number of nitrogens with two attached hydrogens (primary N) is 1. The Kier molecular flexibility index (Phi) is 6.23. The lowest BCUT2D eigenvalue weighted by molar-refractivity contribution is 0.336. The minimum atomic E-state index is 0.596. The van der Waals surface area contributed by atoms with Crippen LogP contribution in [0.3, 0.4) is 0 Å². The van der Waals surface area contributed by atoms with Gasteiger partial charge in [0.05, 0.1) is 15.6 Å². The fourth-order valence-electron chi connectivity index (χ4n) is 1.49. The highest BCUT2D eigenvalue weighted by molar-refractivity contribution is 9.11. The van der Waals surface area contributed by atoms with Crippen LogP contribution < -0.4 is 10.5 Å². The number of hydrogen-bond acceptors (Lipinski definition) is 2. The maximum absolute atomic E-state index is 5.67.